The minimum Gasteiger partial charge on any atom is -0.269 e. The molecule has 4 amide bonds. The minimum absolute atomic E-state index is 0.352. The fourth-order valence-electron chi connectivity index (χ4n) is 2.33. The molecule has 2 unspecified atom stereocenters. The Balaban J connectivity index is 2.02. The molecule has 82 valence electrons. The monoisotopic (exact) mass is 210 g/mol. The number of imide groups is 2. The molecular weight excluding hydrogens is 196 g/mol. The third kappa shape index (κ3) is 1.73. The Morgan fingerprint density at radius 3 is 2.53 bits per heavy atom. The van der Waals surface area contributed by atoms with Crippen molar-refractivity contribution >= 4 is 17.8 Å². The van der Waals surface area contributed by atoms with Gasteiger partial charge in [0.05, 0.1) is 0 Å². The van der Waals surface area contributed by atoms with Crippen molar-refractivity contribution in [2.24, 2.45) is 11.8 Å². The van der Waals surface area contributed by atoms with Gasteiger partial charge in [0.1, 0.15) is 0 Å². The lowest BCUT2D eigenvalue weighted by molar-refractivity contribution is -0.140. The average Bonchev–Trinajstić information content (AvgIpc) is 2.67. The van der Waals surface area contributed by atoms with E-state index >= 15 is 0 Å². The Hall–Kier alpha value is -1.39. The predicted octanol–water partition coefficient (Wildman–Crippen LogP) is 0.501. The summed E-state index contributed by atoms with van der Waals surface area (Å²) in [6.07, 6.45) is 3.32. The lowest BCUT2D eigenvalue weighted by atomic mass is 9.98. The Morgan fingerprint density at radius 2 is 2.07 bits per heavy atom. The summed E-state index contributed by atoms with van der Waals surface area (Å²) in [5.41, 5.74) is 0. The molecule has 1 N–H and O–H groups in total. The molecule has 0 aromatic rings. The van der Waals surface area contributed by atoms with Crippen LogP contribution < -0.4 is 5.32 Å². The highest BCUT2D eigenvalue weighted by Crippen LogP contribution is 2.32. The second-order valence-electron chi connectivity index (χ2n) is 4.34. The first-order valence-electron chi connectivity index (χ1n) is 5.26. The van der Waals surface area contributed by atoms with Gasteiger partial charge in [0.2, 0.25) is 0 Å². The van der Waals surface area contributed by atoms with Crippen molar-refractivity contribution in [1.82, 2.24) is 10.2 Å². The Kier molecular flexibility index (Phi) is 2.46. The highest BCUT2D eigenvalue weighted by Gasteiger charge is 2.39. The number of carbonyl (C=O) groups is 3. The lowest BCUT2D eigenvalue weighted by Crippen LogP contribution is -2.36. The average molecular weight is 210 g/mol. The summed E-state index contributed by atoms with van der Waals surface area (Å²) in [5.74, 6) is -0.628. The van der Waals surface area contributed by atoms with Crippen LogP contribution in [0.2, 0.25) is 0 Å². The van der Waals surface area contributed by atoms with Crippen LogP contribution in [0.3, 0.4) is 0 Å². The molecular formula is C10H14N2O3. The number of rotatable bonds is 2. The van der Waals surface area contributed by atoms with E-state index in [0.717, 1.165) is 24.2 Å². The van der Waals surface area contributed by atoms with Crippen LogP contribution in [0.4, 0.5) is 4.79 Å². The first-order valence-corrected chi connectivity index (χ1v) is 5.26. The van der Waals surface area contributed by atoms with E-state index in [-0.39, 0.29) is 0 Å². The van der Waals surface area contributed by atoms with Crippen LogP contribution in [0, 0.1) is 11.8 Å². The van der Waals surface area contributed by atoms with Crippen LogP contribution in [0.25, 0.3) is 0 Å². The molecule has 0 bridgehead atoms. The second kappa shape index (κ2) is 3.64. The van der Waals surface area contributed by atoms with Gasteiger partial charge < -0.3 is 0 Å². The van der Waals surface area contributed by atoms with Crippen LogP contribution in [0.1, 0.15) is 26.2 Å². The quantitative estimate of drug-likeness (QED) is 0.533. The summed E-state index contributed by atoms with van der Waals surface area (Å²) in [5, 5.41) is 2.00. The van der Waals surface area contributed by atoms with Gasteiger partial charge in [-0.2, -0.15) is 0 Å². The molecule has 2 rings (SSSR count). The summed E-state index contributed by atoms with van der Waals surface area (Å²) in [6.45, 7) is 2.51. The van der Waals surface area contributed by atoms with Crippen LogP contribution in [0.5, 0.6) is 0 Å². The number of hydrogen-bond donors (Lipinski definition) is 1. The summed E-state index contributed by atoms with van der Waals surface area (Å²) >= 11 is 0. The van der Waals surface area contributed by atoms with Crippen LogP contribution in [0.15, 0.2) is 0 Å². The van der Waals surface area contributed by atoms with Crippen LogP contribution in [-0.4, -0.2) is 29.3 Å². The molecule has 5 nitrogen and oxygen atoms in total. The van der Waals surface area contributed by atoms with Gasteiger partial charge in [0.15, 0.2) is 0 Å². The Bertz CT molecular complexity index is 327. The highest BCUT2D eigenvalue weighted by atomic mass is 16.2. The summed E-state index contributed by atoms with van der Waals surface area (Å²) in [6, 6.07) is -0.566. The molecule has 0 aromatic heterocycles. The van der Waals surface area contributed by atoms with Crippen LogP contribution >= 0.6 is 0 Å². The number of nitrogens with zero attached hydrogens (tertiary/aromatic N) is 1. The normalized spacial score (nSPS) is 31.3. The third-order valence-electron chi connectivity index (χ3n) is 3.36. The number of carbonyl (C=O) groups excluding carboxylic acids is 3. The van der Waals surface area contributed by atoms with Crippen molar-refractivity contribution in [2.45, 2.75) is 26.2 Å². The van der Waals surface area contributed by atoms with Crippen LogP contribution in [-0.2, 0) is 9.59 Å². The molecule has 0 radical (unpaired) electrons. The van der Waals surface area contributed by atoms with Gasteiger partial charge >= 0.3 is 17.8 Å². The van der Waals surface area contributed by atoms with E-state index in [4.69, 9.17) is 0 Å². The Labute approximate surface area is 87.8 Å². The van der Waals surface area contributed by atoms with E-state index in [1.165, 1.54) is 0 Å². The smallest absolute Gasteiger partial charge is 0.269 e. The van der Waals surface area contributed by atoms with Crippen molar-refractivity contribution in [3.05, 3.63) is 0 Å². The van der Waals surface area contributed by atoms with Gasteiger partial charge in [-0.05, 0) is 18.3 Å². The van der Waals surface area contributed by atoms with Gasteiger partial charge in [-0.15, -0.1) is 0 Å². The zero-order chi connectivity index (χ0) is 11.0. The van der Waals surface area contributed by atoms with Crippen molar-refractivity contribution in [3.63, 3.8) is 0 Å². The molecule has 1 aliphatic heterocycles. The number of amides is 4. The first-order chi connectivity index (χ1) is 7.09. The summed E-state index contributed by atoms with van der Waals surface area (Å²) in [7, 11) is 0. The van der Waals surface area contributed by atoms with Gasteiger partial charge in [-0.25, -0.2) is 4.79 Å². The van der Waals surface area contributed by atoms with Crippen molar-refractivity contribution in [2.75, 3.05) is 6.54 Å². The molecule has 2 fully saturated rings. The molecule has 15 heavy (non-hydrogen) atoms. The molecule has 0 spiro atoms. The van der Waals surface area contributed by atoms with Crippen molar-refractivity contribution in [1.29, 1.82) is 0 Å². The maximum absolute atomic E-state index is 11.3. The van der Waals surface area contributed by atoms with E-state index in [1.807, 2.05) is 5.32 Å². The highest BCUT2D eigenvalue weighted by molar-refractivity contribution is 6.44. The minimum atomic E-state index is -0.800. The number of hydrogen-bond acceptors (Lipinski definition) is 3. The fourth-order valence-corrected chi connectivity index (χ4v) is 2.33. The van der Waals surface area contributed by atoms with Gasteiger partial charge in [0.25, 0.3) is 0 Å². The molecule has 1 saturated carbocycles. The maximum Gasteiger partial charge on any atom is 0.331 e. The topological polar surface area (TPSA) is 66.5 Å². The second-order valence-corrected chi connectivity index (χ2v) is 4.34. The summed E-state index contributed by atoms with van der Waals surface area (Å²) < 4.78 is 0. The van der Waals surface area contributed by atoms with E-state index in [2.05, 4.69) is 6.92 Å². The fraction of sp³-hybridized carbons (Fsp3) is 0.700. The van der Waals surface area contributed by atoms with Gasteiger partial charge in [-0.1, -0.05) is 19.8 Å². The van der Waals surface area contributed by atoms with Gasteiger partial charge in [-0.3, -0.25) is 19.8 Å². The maximum atomic E-state index is 11.3. The summed E-state index contributed by atoms with van der Waals surface area (Å²) in [4.78, 5) is 34.5. The lowest BCUT2D eigenvalue weighted by Gasteiger charge is -2.20. The third-order valence-corrected chi connectivity index (χ3v) is 3.36. The molecule has 5 heteroatoms. The number of urea groups is 1. The van der Waals surface area contributed by atoms with E-state index in [1.54, 1.807) is 0 Å². The standard InChI is InChI=1S/C10H14N2O3/c1-6-3-2-4-7(6)5-12-9(14)8(13)11-10(12)15/h6-7H,2-5H2,1H3,(H,11,13,15). The van der Waals surface area contributed by atoms with E-state index in [0.29, 0.717) is 18.4 Å². The number of nitrogens with one attached hydrogen (secondary N) is 1. The van der Waals surface area contributed by atoms with Gasteiger partial charge in [0, 0.05) is 6.54 Å². The van der Waals surface area contributed by atoms with Crippen molar-refractivity contribution < 1.29 is 14.4 Å². The molecule has 1 saturated heterocycles. The molecule has 2 aliphatic rings. The SMILES string of the molecule is CC1CCCC1CN1C(=O)NC(=O)C1=O. The zero-order valence-corrected chi connectivity index (χ0v) is 8.66. The van der Waals surface area contributed by atoms with Crippen molar-refractivity contribution in [3.8, 4) is 0 Å². The molecule has 1 heterocycles. The zero-order valence-electron chi connectivity index (χ0n) is 8.66. The first kappa shape index (κ1) is 10.1. The van der Waals surface area contributed by atoms with E-state index in [9.17, 15) is 14.4 Å². The molecule has 2 atom stereocenters. The largest absolute Gasteiger partial charge is 0.331 e. The molecule has 1 aliphatic carbocycles. The van der Waals surface area contributed by atoms with E-state index < -0.39 is 17.8 Å². The Morgan fingerprint density at radius 1 is 1.33 bits per heavy atom. The molecule has 0 aromatic carbocycles. The predicted molar refractivity (Wildman–Crippen MR) is 51.8 cm³/mol.